The van der Waals surface area contributed by atoms with Gasteiger partial charge in [-0.3, -0.25) is 4.98 Å². The zero-order valence-electron chi connectivity index (χ0n) is 25.0. The van der Waals surface area contributed by atoms with Gasteiger partial charge in [0, 0.05) is 28.6 Å². The highest BCUT2D eigenvalue weighted by Gasteiger charge is 2.17. The second-order valence-electron chi connectivity index (χ2n) is 11.6. The number of furan rings is 1. The Morgan fingerprint density at radius 1 is 0.413 bits per heavy atom. The molecule has 0 bridgehead atoms. The van der Waals surface area contributed by atoms with Gasteiger partial charge < -0.3 is 9.32 Å². The van der Waals surface area contributed by atoms with E-state index in [-0.39, 0.29) is 0 Å². The molecule has 0 saturated heterocycles. The van der Waals surface area contributed by atoms with E-state index < -0.39 is 0 Å². The van der Waals surface area contributed by atoms with Gasteiger partial charge in [-0.15, -0.1) is 0 Å². The van der Waals surface area contributed by atoms with Gasteiger partial charge in [-0.1, -0.05) is 103 Å². The van der Waals surface area contributed by atoms with Crippen molar-refractivity contribution in [1.82, 2.24) is 4.98 Å². The van der Waals surface area contributed by atoms with Crippen molar-refractivity contribution >= 4 is 60.7 Å². The van der Waals surface area contributed by atoms with E-state index in [2.05, 4.69) is 155 Å². The van der Waals surface area contributed by atoms with Crippen LogP contribution in [-0.4, -0.2) is 4.98 Å². The van der Waals surface area contributed by atoms with Crippen molar-refractivity contribution in [1.29, 1.82) is 0 Å². The summed E-state index contributed by atoms with van der Waals surface area (Å²) in [4.78, 5) is 6.94. The van der Waals surface area contributed by atoms with E-state index >= 15 is 0 Å². The highest BCUT2D eigenvalue weighted by atomic mass is 16.3. The fourth-order valence-electron chi connectivity index (χ4n) is 6.69. The zero-order chi connectivity index (χ0) is 30.5. The maximum Gasteiger partial charge on any atom is 0.153 e. The SMILES string of the molecule is c1ccc(-c2ccc(N(c3ccc(-c4cc5ccccc5c5ccccc45)cc3)c3ccc4oc5cccnc5c4c3)cc2)cc1. The summed E-state index contributed by atoms with van der Waals surface area (Å²) in [6.07, 6.45) is 1.82. The third kappa shape index (κ3) is 4.41. The zero-order valence-corrected chi connectivity index (χ0v) is 25.0. The van der Waals surface area contributed by atoms with Crippen molar-refractivity contribution < 1.29 is 4.42 Å². The molecule has 2 aromatic heterocycles. The molecular weight excluding hydrogens is 560 g/mol. The molecule has 0 N–H and O–H groups in total. The summed E-state index contributed by atoms with van der Waals surface area (Å²) in [7, 11) is 0. The minimum absolute atomic E-state index is 0.792. The first-order valence-corrected chi connectivity index (χ1v) is 15.5. The summed E-state index contributed by atoms with van der Waals surface area (Å²) in [5.41, 5.74) is 10.5. The molecule has 9 rings (SSSR count). The van der Waals surface area contributed by atoms with Gasteiger partial charge in [0.2, 0.25) is 0 Å². The van der Waals surface area contributed by atoms with Gasteiger partial charge in [0.1, 0.15) is 11.1 Å². The van der Waals surface area contributed by atoms with Crippen LogP contribution in [0.1, 0.15) is 0 Å². The van der Waals surface area contributed by atoms with Crippen molar-refractivity contribution in [3.63, 3.8) is 0 Å². The lowest BCUT2D eigenvalue weighted by atomic mass is 9.93. The largest absolute Gasteiger partial charge is 0.454 e. The monoisotopic (exact) mass is 588 g/mol. The normalized spacial score (nSPS) is 11.5. The third-order valence-corrected chi connectivity index (χ3v) is 8.90. The number of pyridine rings is 1. The minimum Gasteiger partial charge on any atom is -0.454 e. The highest BCUT2D eigenvalue weighted by Crippen LogP contribution is 2.41. The van der Waals surface area contributed by atoms with Crippen LogP contribution in [0.4, 0.5) is 17.1 Å². The molecule has 0 amide bonds. The van der Waals surface area contributed by atoms with E-state index in [1.807, 2.05) is 24.4 Å². The lowest BCUT2D eigenvalue weighted by Gasteiger charge is -2.26. The molecule has 3 heteroatoms. The average Bonchev–Trinajstić information content (AvgIpc) is 3.51. The number of benzene rings is 7. The van der Waals surface area contributed by atoms with Gasteiger partial charge in [0.05, 0.1) is 0 Å². The summed E-state index contributed by atoms with van der Waals surface area (Å²) < 4.78 is 6.11. The van der Waals surface area contributed by atoms with Crippen LogP contribution in [-0.2, 0) is 0 Å². The molecule has 2 heterocycles. The Balaban J connectivity index is 1.18. The van der Waals surface area contributed by atoms with E-state index in [0.29, 0.717) is 0 Å². The summed E-state index contributed by atoms with van der Waals surface area (Å²) in [6.45, 7) is 0. The summed E-state index contributed by atoms with van der Waals surface area (Å²) >= 11 is 0. The molecule has 0 unspecified atom stereocenters. The number of fused-ring (bicyclic) bond motifs is 6. The second-order valence-corrected chi connectivity index (χ2v) is 11.6. The predicted octanol–water partition coefficient (Wildman–Crippen LogP) is 12.1. The van der Waals surface area contributed by atoms with Crippen molar-refractivity contribution in [2.24, 2.45) is 0 Å². The fraction of sp³-hybridized carbons (Fsp3) is 0. The Hall–Kier alpha value is -6.19. The molecule has 0 aliphatic rings. The van der Waals surface area contributed by atoms with E-state index in [0.717, 1.165) is 39.1 Å². The van der Waals surface area contributed by atoms with Crippen LogP contribution in [0.3, 0.4) is 0 Å². The molecule has 0 aliphatic heterocycles. The van der Waals surface area contributed by atoms with Crippen molar-refractivity contribution in [3.05, 3.63) is 170 Å². The summed E-state index contributed by atoms with van der Waals surface area (Å²) in [5.74, 6) is 0. The van der Waals surface area contributed by atoms with Gasteiger partial charge in [0.25, 0.3) is 0 Å². The molecule has 0 radical (unpaired) electrons. The fourth-order valence-corrected chi connectivity index (χ4v) is 6.69. The van der Waals surface area contributed by atoms with Gasteiger partial charge in [-0.25, -0.2) is 0 Å². The van der Waals surface area contributed by atoms with Crippen molar-refractivity contribution in [2.75, 3.05) is 4.90 Å². The number of anilines is 3. The molecular formula is C43H28N2O. The topological polar surface area (TPSA) is 29.3 Å². The van der Waals surface area contributed by atoms with Crippen LogP contribution in [0.5, 0.6) is 0 Å². The Kier molecular flexibility index (Phi) is 6.14. The number of rotatable bonds is 5. The van der Waals surface area contributed by atoms with Gasteiger partial charge in [-0.05, 0) is 104 Å². The van der Waals surface area contributed by atoms with Crippen molar-refractivity contribution in [2.45, 2.75) is 0 Å². The minimum atomic E-state index is 0.792. The molecule has 7 aromatic carbocycles. The van der Waals surface area contributed by atoms with Crippen LogP contribution < -0.4 is 4.90 Å². The first-order valence-electron chi connectivity index (χ1n) is 15.5. The first-order chi connectivity index (χ1) is 22.8. The van der Waals surface area contributed by atoms with E-state index in [9.17, 15) is 0 Å². The first kappa shape index (κ1) is 26.2. The summed E-state index contributed by atoms with van der Waals surface area (Å²) in [5, 5.41) is 6.05. The van der Waals surface area contributed by atoms with Crippen LogP contribution in [0, 0.1) is 0 Å². The molecule has 46 heavy (non-hydrogen) atoms. The van der Waals surface area contributed by atoms with Gasteiger partial charge in [-0.2, -0.15) is 0 Å². The maximum atomic E-state index is 6.11. The van der Waals surface area contributed by atoms with E-state index in [1.54, 1.807) is 0 Å². The number of nitrogens with zero attached hydrogens (tertiary/aromatic N) is 2. The van der Waals surface area contributed by atoms with Crippen LogP contribution in [0.25, 0.3) is 65.9 Å². The van der Waals surface area contributed by atoms with E-state index in [4.69, 9.17) is 4.42 Å². The molecule has 3 nitrogen and oxygen atoms in total. The third-order valence-electron chi connectivity index (χ3n) is 8.90. The van der Waals surface area contributed by atoms with Gasteiger partial charge >= 0.3 is 0 Å². The Morgan fingerprint density at radius 3 is 1.83 bits per heavy atom. The van der Waals surface area contributed by atoms with Gasteiger partial charge in [0.15, 0.2) is 5.58 Å². The standard InChI is InChI=1S/C43H28N2O/c1-2-9-29(10-3-1)30-16-20-33(21-17-30)45(35-24-25-41-40(28-35)43-42(46-41)15-8-26-44-43)34-22-18-31(19-23-34)39-27-32-11-4-5-12-36(32)37-13-6-7-14-38(37)39/h1-28H. The van der Waals surface area contributed by atoms with Crippen LogP contribution in [0.2, 0.25) is 0 Å². The van der Waals surface area contributed by atoms with E-state index in [1.165, 1.54) is 43.8 Å². The molecule has 0 spiro atoms. The Morgan fingerprint density at radius 2 is 1.04 bits per heavy atom. The Labute approximate surface area is 266 Å². The quantitative estimate of drug-likeness (QED) is 0.187. The van der Waals surface area contributed by atoms with Crippen molar-refractivity contribution in [3.8, 4) is 22.3 Å². The number of aromatic nitrogens is 1. The highest BCUT2D eigenvalue weighted by molar-refractivity contribution is 6.13. The second kappa shape index (κ2) is 10.8. The molecule has 0 fully saturated rings. The molecule has 216 valence electrons. The average molecular weight is 589 g/mol. The maximum absolute atomic E-state index is 6.11. The lowest BCUT2D eigenvalue weighted by Crippen LogP contribution is -2.09. The Bertz CT molecular complexity index is 2510. The summed E-state index contributed by atoms with van der Waals surface area (Å²) in [6, 6.07) is 58.1. The number of hydrogen-bond acceptors (Lipinski definition) is 3. The number of hydrogen-bond donors (Lipinski definition) is 0. The lowest BCUT2D eigenvalue weighted by molar-refractivity contribution is 0.668. The van der Waals surface area contributed by atoms with Crippen LogP contribution >= 0.6 is 0 Å². The molecule has 0 saturated carbocycles. The predicted molar refractivity (Wildman–Crippen MR) is 192 cm³/mol. The molecule has 9 aromatic rings. The molecule has 0 aliphatic carbocycles. The smallest absolute Gasteiger partial charge is 0.153 e. The molecule has 0 atom stereocenters. The van der Waals surface area contributed by atoms with Crippen LogP contribution in [0.15, 0.2) is 174 Å².